The van der Waals surface area contributed by atoms with Gasteiger partial charge in [-0.2, -0.15) is 0 Å². The van der Waals surface area contributed by atoms with E-state index in [0.29, 0.717) is 12.2 Å². The molecule has 4 atom stereocenters. The topological polar surface area (TPSA) is 133 Å². The van der Waals surface area contributed by atoms with Crippen LogP contribution in [-0.4, -0.2) is 67.2 Å². The van der Waals surface area contributed by atoms with Crippen molar-refractivity contribution in [3.63, 3.8) is 0 Å². The van der Waals surface area contributed by atoms with Gasteiger partial charge < -0.3 is 39.2 Å². The quantitative estimate of drug-likeness (QED) is 0.304. The fourth-order valence-corrected chi connectivity index (χ4v) is 3.71. The van der Waals surface area contributed by atoms with Crippen molar-refractivity contribution in [2.45, 2.75) is 64.6 Å². The van der Waals surface area contributed by atoms with Gasteiger partial charge in [-0.3, -0.25) is 4.79 Å². The minimum Gasteiger partial charge on any atom is -0.497 e. The minimum atomic E-state index is -1.28. The molecule has 1 amide bonds. The Hall–Kier alpha value is -2.66. The van der Waals surface area contributed by atoms with Crippen LogP contribution in [0.25, 0.3) is 0 Å². The van der Waals surface area contributed by atoms with Crippen molar-refractivity contribution in [3.8, 4) is 11.5 Å². The molecule has 3 N–H and O–H groups in total. The number of hydrogen-bond donors (Lipinski definition) is 3. The molecule has 2 rings (SSSR count). The maximum absolute atomic E-state index is 13.0. The Labute approximate surface area is 199 Å². The second-order valence-corrected chi connectivity index (χ2v) is 8.67. The lowest BCUT2D eigenvalue weighted by Gasteiger charge is -2.21. The van der Waals surface area contributed by atoms with E-state index in [1.165, 1.54) is 26.4 Å². The van der Waals surface area contributed by atoms with E-state index < -0.39 is 36.0 Å². The van der Waals surface area contributed by atoms with Gasteiger partial charge >= 0.3 is 5.97 Å². The lowest BCUT2D eigenvalue weighted by atomic mass is 9.96. The van der Waals surface area contributed by atoms with E-state index >= 15 is 0 Å². The van der Waals surface area contributed by atoms with Crippen molar-refractivity contribution in [2.75, 3.05) is 26.3 Å². The van der Waals surface area contributed by atoms with Crippen LogP contribution in [0.2, 0.25) is 0 Å². The molecule has 0 aromatic heterocycles. The lowest BCUT2D eigenvalue weighted by Crippen LogP contribution is -2.32. The summed E-state index contributed by atoms with van der Waals surface area (Å²) in [6.45, 7) is 7.02. The second-order valence-electron chi connectivity index (χ2n) is 8.67. The van der Waals surface area contributed by atoms with Gasteiger partial charge in [0.2, 0.25) is 5.91 Å². The summed E-state index contributed by atoms with van der Waals surface area (Å²) in [5.74, 6) is -2.39. The molecule has 10 nitrogen and oxygen atoms in total. The molecule has 10 heteroatoms. The molecule has 1 unspecified atom stereocenters. The first kappa shape index (κ1) is 27.6. The number of rotatable bonds is 12. The third-order valence-corrected chi connectivity index (χ3v) is 5.17. The predicted octanol–water partition coefficient (Wildman–Crippen LogP) is 3.19. The first-order valence-corrected chi connectivity index (χ1v) is 11.0. The van der Waals surface area contributed by atoms with E-state index in [0.717, 1.165) is 0 Å². The van der Waals surface area contributed by atoms with Crippen LogP contribution in [0.3, 0.4) is 0 Å². The number of aliphatic hydroxyl groups is 1. The first-order chi connectivity index (χ1) is 16.0. The number of benzene rings is 1. The highest BCUT2D eigenvalue weighted by Crippen LogP contribution is 2.36. The molecule has 0 saturated carbocycles. The Kier molecular flexibility index (Phi) is 9.87. The molecule has 0 bridgehead atoms. The highest BCUT2D eigenvalue weighted by atomic mass is 16.8. The Morgan fingerprint density at radius 3 is 2.53 bits per heavy atom. The normalized spacial score (nSPS) is 21.3. The number of aliphatic hydroxyl groups excluding tert-OH is 1. The maximum Gasteiger partial charge on any atom is 0.341 e. The van der Waals surface area contributed by atoms with Crippen molar-refractivity contribution in [1.29, 1.82) is 0 Å². The highest BCUT2D eigenvalue weighted by molar-refractivity contribution is 6.03. The molecular formula is C24H35NO9. The molecule has 34 heavy (non-hydrogen) atoms. The number of carbonyl (C=O) groups excluding carboxylic acids is 1. The number of nitrogens with one attached hydrogen (secondary N) is 1. The molecule has 0 aliphatic carbocycles. The zero-order valence-electron chi connectivity index (χ0n) is 20.5. The number of amides is 1. The van der Waals surface area contributed by atoms with Crippen molar-refractivity contribution in [1.82, 2.24) is 0 Å². The molecule has 1 aromatic rings. The van der Waals surface area contributed by atoms with Crippen LogP contribution in [-0.2, 0) is 19.0 Å². The number of carboxylic acid groups (broad SMARTS) is 1. The molecular weight excluding hydrogens is 446 g/mol. The van der Waals surface area contributed by atoms with E-state index in [2.05, 4.69) is 5.32 Å². The molecule has 1 aliphatic rings. The van der Waals surface area contributed by atoms with Gasteiger partial charge in [0.1, 0.15) is 17.1 Å². The van der Waals surface area contributed by atoms with E-state index in [-0.39, 0.29) is 36.1 Å². The van der Waals surface area contributed by atoms with Gasteiger partial charge in [0.25, 0.3) is 0 Å². The van der Waals surface area contributed by atoms with Crippen LogP contribution < -0.4 is 14.8 Å². The van der Waals surface area contributed by atoms with Crippen molar-refractivity contribution in [2.24, 2.45) is 5.92 Å². The molecule has 1 heterocycles. The molecule has 1 aliphatic heterocycles. The molecule has 190 valence electrons. The van der Waals surface area contributed by atoms with Crippen LogP contribution in [0.1, 0.15) is 50.9 Å². The average molecular weight is 482 g/mol. The molecule has 1 fully saturated rings. The van der Waals surface area contributed by atoms with Crippen LogP contribution >= 0.6 is 0 Å². The Balaban J connectivity index is 2.22. The average Bonchev–Trinajstić information content (AvgIpc) is 3.04. The summed E-state index contributed by atoms with van der Waals surface area (Å²) in [6.07, 6.45) is 2.82. The number of ether oxygens (including phenoxy) is 5. The zero-order chi connectivity index (χ0) is 25.5. The van der Waals surface area contributed by atoms with Crippen molar-refractivity contribution in [3.05, 3.63) is 29.8 Å². The van der Waals surface area contributed by atoms with E-state index in [1.54, 1.807) is 20.8 Å². The van der Waals surface area contributed by atoms with Crippen molar-refractivity contribution < 1.29 is 43.5 Å². The van der Waals surface area contributed by atoms with Crippen LogP contribution in [0.15, 0.2) is 24.3 Å². The first-order valence-electron chi connectivity index (χ1n) is 11.0. The molecule has 0 radical (unpaired) electrons. The summed E-state index contributed by atoms with van der Waals surface area (Å²) >= 11 is 0. The highest BCUT2D eigenvalue weighted by Gasteiger charge is 2.44. The summed E-state index contributed by atoms with van der Waals surface area (Å²) < 4.78 is 27.5. The largest absolute Gasteiger partial charge is 0.497 e. The smallest absolute Gasteiger partial charge is 0.341 e. The third-order valence-electron chi connectivity index (χ3n) is 5.17. The Bertz CT molecular complexity index is 881. The number of aromatic carboxylic acids is 1. The standard InChI is InChI=1S/C24H35NO9/c1-14(8-7-9-15(2)26)22-19(33-24(3,4)34-22)12-20(27)25-17-10-16(31-6)11-18(32-13-30-5)21(17)23(28)29/h7-8,10-11,14-15,19,22,26H,9,12-13H2,1-6H3,(H,25,27)(H,28,29)/b8-7-/t14?,15-,19-,22-/m1/s1. The Morgan fingerprint density at radius 2 is 1.94 bits per heavy atom. The molecule has 1 aromatic carbocycles. The van der Waals surface area contributed by atoms with Crippen LogP contribution in [0, 0.1) is 5.92 Å². The van der Waals surface area contributed by atoms with Gasteiger partial charge in [0.15, 0.2) is 12.6 Å². The summed E-state index contributed by atoms with van der Waals surface area (Å²) in [4.78, 5) is 24.9. The number of anilines is 1. The van der Waals surface area contributed by atoms with E-state index in [4.69, 9.17) is 23.7 Å². The molecule has 0 spiro atoms. The fraction of sp³-hybridized carbons (Fsp3) is 0.583. The maximum atomic E-state index is 13.0. The summed E-state index contributed by atoms with van der Waals surface area (Å²) in [7, 11) is 2.83. The van der Waals surface area contributed by atoms with E-state index in [1.807, 2.05) is 19.1 Å². The minimum absolute atomic E-state index is 0.000306. The summed E-state index contributed by atoms with van der Waals surface area (Å²) in [5.41, 5.74) is -0.191. The fourth-order valence-electron chi connectivity index (χ4n) is 3.71. The third kappa shape index (κ3) is 7.69. The SMILES string of the molecule is COCOc1cc(OC)cc(NC(=O)C[C@H]2OC(C)(C)O[C@@H]2C(C)/C=C\C[C@@H](C)O)c1C(=O)O. The predicted molar refractivity (Wildman–Crippen MR) is 124 cm³/mol. The van der Waals surface area contributed by atoms with Crippen molar-refractivity contribution >= 4 is 17.6 Å². The van der Waals surface area contributed by atoms with Gasteiger partial charge in [-0.1, -0.05) is 19.1 Å². The lowest BCUT2D eigenvalue weighted by molar-refractivity contribution is -0.150. The van der Waals surface area contributed by atoms with Gasteiger partial charge in [0.05, 0.1) is 37.5 Å². The van der Waals surface area contributed by atoms with Crippen LogP contribution in [0.4, 0.5) is 5.69 Å². The monoisotopic (exact) mass is 481 g/mol. The van der Waals surface area contributed by atoms with Gasteiger partial charge in [0, 0.05) is 25.2 Å². The summed E-state index contributed by atoms with van der Waals surface area (Å²) in [5, 5.41) is 21.8. The number of hydrogen-bond acceptors (Lipinski definition) is 8. The summed E-state index contributed by atoms with van der Waals surface area (Å²) in [6, 6.07) is 2.82. The van der Waals surface area contributed by atoms with Gasteiger partial charge in [-0.25, -0.2) is 4.79 Å². The number of methoxy groups -OCH3 is 2. The Morgan fingerprint density at radius 1 is 1.24 bits per heavy atom. The number of carboxylic acids is 1. The number of carbonyl (C=O) groups is 2. The van der Waals surface area contributed by atoms with Gasteiger partial charge in [-0.05, 0) is 27.2 Å². The van der Waals surface area contributed by atoms with E-state index in [9.17, 15) is 19.8 Å². The zero-order valence-corrected chi connectivity index (χ0v) is 20.5. The second kappa shape index (κ2) is 12.2. The molecule has 1 saturated heterocycles. The van der Waals surface area contributed by atoms with Crippen LogP contribution in [0.5, 0.6) is 11.5 Å². The van der Waals surface area contributed by atoms with Gasteiger partial charge in [-0.15, -0.1) is 0 Å².